The molecule has 6 nitrogen and oxygen atoms in total. The Balaban J connectivity index is 1.93. The highest BCUT2D eigenvalue weighted by atomic mass is 35.5. The van der Waals surface area contributed by atoms with Gasteiger partial charge in [-0.05, 0) is 62.4 Å². The second kappa shape index (κ2) is 9.01. The second-order valence-corrected chi connectivity index (χ2v) is 5.93. The van der Waals surface area contributed by atoms with Gasteiger partial charge in [0.15, 0.2) is 0 Å². The van der Waals surface area contributed by atoms with E-state index in [0.717, 1.165) is 0 Å². The van der Waals surface area contributed by atoms with Crippen molar-refractivity contribution in [1.82, 2.24) is 5.32 Å². The summed E-state index contributed by atoms with van der Waals surface area (Å²) in [7, 11) is 0. The summed E-state index contributed by atoms with van der Waals surface area (Å²) >= 11 is 5.79. The Morgan fingerprint density at radius 3 is 2.15 bits per heavy atom. The van der Waals surface area contributed by atoms with Gasteiger partial charge >= 0.3 is 5.97 Å². The van der Waals surface area contributed by atoms with Crippen LogP contribution in [0.1, 0.15) is 34.6 Å². The number of benzene rings is 2. The lowest BCUT2D eigenvalue weighted by Crippen LogP contribution is -2.41. The van der Waals surface area contributed by atoms with Crippen molar-refractivity contribution >= 4 is 35.1 Å². The zero-order valence-corrected chi connectivity index (χ0v) is 15.2. The number of carbonyl (C=O) groups is 3. The van der Waals surface area contributed by atoms with Gasteiger partial charge in [0.05, 0.1) is 12.2 Å². The SMILES string of the molecule is CCOC(=O)c1ccc(NC(=O)[C@@H](C)NC(=O)c2ccc(Cl)cc2)cc1. The van der Waals surface area contributed by atoms with Crippen LogP contribution in [0, 0.1) is 0 Å². The zero-order valence-electron chi connectivity index (χ0n) is 14.4. The molecule has 7 heteroatoms. The number of nitrogens with one attached hydrogen (secondary N) is 2. The first-order chi connectivity index (χ1) is 12.4. The van der Waals surface area contributed by atoms with Crippen LogP contribution >= 0.6 is 11.6 Å². The molecule has 2 aromatic rings. The molecule has 2 amide bonds. The van der Waals surface area contributed by atoms with Crippen molar-refractivity contribution in [2.75, 3.05) is 11.9 Å². The lowest BCUT2D eigenvalue weighted by Gasteiger charge is -2.14. The van der Waals surface area contributed by atoms with Gasteiger partial charge in [0, 0.05) is 16.3 Å². The van der Waals surface area contributed by atoms with Crippen molar-refractivity contribution in [3.05, 3.63) is 64.7 Å². The van der Waals surface area contributed by atoms with Gasteiger partial charge < -0.3 is 15.4 Å². The summed E-state index contributed by atoms with van der Waals surface area (Å²) in [4.78, 5) is 35.9. The van der Waals surface area contributed by atoms with Crippen molar-refractivity contribution in [3.63, 3.8) is 0 Å². The summed E-state index contributed by atoms with van der Waals surface area (Å²) in [5.41, 5.74) is 1.32. The highest BCUT2D eigenvalue weighted by Gasteiger charge is 2.17. The molecule has 2 rings (SSSR count). The first-order valence-corrected chi connectivity index (χ1v) is 8.43. The summed E-state index contributed by atoms with van der Waals surface area (Å²) in [5, 5.41) is 5.82. The Labute approximate surface area is 156 Å². The molecular formula is C19H19ClN2O4. The first-order valence-electron chi connectivity index (χ1n) is 8.05. The molecule has 2 N–H and O–H groups in total. The molecule has 2 aromatic carbocycles. The Kier molecular flexibility index (Phi) is 6.74. The number of ether oxygens (including phenoxy) is 1. The maximum absolute atomic E-state index is 12.2. The third-order valence-electron chi connectivity index (χ3n) is 3.51. The molecule has 26 heavy (non-hydrogen) atoms. The van der Waals surface area contributed by atoms with Crippen molar-refractivity contribution in [2.45, 2.75) is 19.9 Å². The first kappa shape index (κ1) is 19.5. The molecule has 0 heterocycles. The fourth-order valence-corrected chi connectivity index (χ4v) is 2.23. The van der Waals surface area contributed by atoms with E-state index in [1.807, 2.05) is 0 Å². The van der Waals surface area contributed by atoms with E-state index >= 15 is 0 Å². The second-order valence-electron chi connectivity index (χ2n) is 5.49. The molecule has 1 atom stereocenters. The van der Waals surface area contributed by atoms with E-state index in [-0.39, 0.29) is 11.8 Å². The highest BCUT2D eigenvalue weighted by molar-refractivity contribution is 6.30. The van der Waals surface area contributed by atoms with Crippen LogP contribution in [0.3, 0.4) is 0 Å². The maximum Gasteiger partial charge on any atom is 0.338 e. The molecule has 0 unspecified atom stereocenters. The van der Waals surface area contributed by atoms with Gasteiger partial charge in [0.1, 0.15) is 6.04 Å². The van der Waals surface area contributed by atoms with Gasteiger partial charge in [-0.3, -0.25) is 9.59 Å². The van der Waals surface area contributed by atoms with E-state index in [1.54, 1.807) is 62.4 Å². The lowest BCUT2D eigenvalue weighted by molar-refractivity contribution is -0.117. The molecule has 0 saturated carbocycles. The van der Waals surface area contributed by atoms with Crippen LogP contribution < -0.4 is 10.6 Å². The van der Waals surface area contributed by atoms with E-state index in [9.17, 15) is 14.4 Å². The number of amides is 2. The molecule has 0 spiro atoms. The molecule has 0 radical (unpaired) electrons. The van der Waals surface area contributed by atoms with Crippen LogP contribution in [0.4, 0.5) is 5.69 Å². The summed E-state index contributed by atoms with van der Waals surface area (Å²) in [6.07, 6.45) is 0. The van der Waals surface area contributed by atoms with Gasteiger partial charge in [-0.2, -0.15) is 0 Å². The minimum atomic E-state index is -0.747. The topological polar surface area (TPSA) is 84.5 Å². The number of hydrogen-bond acceptors (Lipinski definition) is 4. The normalized spacial score (nSPS) is 11.3. The smallest absolute Gasteiger partial charge is 0.338 e. The predicted molar refractivity (Wildman–Crippen MR) is 99.4 cm³/mol. The maximum atomic E-state index is 12.2. The number of carbonyl (C=O) groups excluding carboxylic acids is 3. The predicted octanol–water partition coefficient (Wildman–Crippen LogP) is 3.27. The Morgan fingerprint density at radius 2 is 1.58 bits per heavy atom. The molecular weight excluding hydrogens is 356 g/mol. The van der Waals surface area contributed by atoms with Crippen LogP contribution in [0.5, 0.6) is 0 Å². The van der Waals surface area contributed by atoms with E-state index in [0.29, 0.717) is 28.4 Å². The number of esters is 1. The lowest BCUT2D eigenvalue weighted by atomic mass is 10.2. The average molecular weight is 375 g/mol. The molecule has 0 aliphatic rings. The van der Waals surface area contributed by atoms with Crippen molar-refractivity contribution < 1.29 is 19.1 Å². The third-order valence-corrected chi connectivity index (χ3v) is 3.76. The van der Waals surface area contributed by atoms with Gasteiger partial charge in [-0.1, -0.05) is 11.6 Å². The molecule has 136 valence electrons. The number of rotatable bonds is 6. The monoisotopic (exact) mass is 374 g/mol. The number of anilines is 1. The number of hydrogen-bond donors (Lipinski definition) is 2. The third kappa shape index (κ3) is 5.32. The minimum Gasteiger partial charge on any atom is -0.462 e. The van der Waals surface area contributed by atoms with Crippen LogP contribution in [0.25, 0.3) is 0 Å². The van der Waals surface area contributed by atoms with Gasteiger partial charge in [0.25, 0.3) is 5.91 Å². The summed E-state index contributed by atoms with van der Waals surface area (Å²) < 4.78 is 4.90. The standard InChI is InChI=1S/C19H19ClN2O4/c1-3-26-19(25)14-6-10-16(11-7-14)22-17(23)12(2)21-18(24)13-4-8-15(20)9-5-13/h4-12H,3H2,1-2H3,(H,21,24)(H,22,23)/t12-/m1/s1. The van der Waals surface area contributed by atoms with Crippen molar-refractivity contribution in [1.29, 1.82) is 0 Å². The van der Waals surface area contributed by atoms with E-state index in [2.05, 4.69) is 10.6 Å². The molecule has 0 bridgehead atoms. The Morgan fingerprint density at radius 1 is 1.00 bits per heavy atom. The van der Waals surface area contributed by atoms with E-state index in [1.165, 1.54) is 0 Å². The zero-order chi connectivity index (χ0) is 19.1. The largest absolute Gasteiger partial charge is 0.462 e. The minimum absolute atomic E-state index is 0.294. The van der Waals surface area contributed by atoms with Crippen LogP contribution in [-0.2, 0) is 9.53 Å². The molecule has 0 aliphatic carbocycles. The van der Waals surface area contributed by atoms with Crippen molar-refractivity contribution in [2.24, 2.45) is 0 Å². The summed E-state index contributed by atoms with van der Waals surface area (Å²) in [5.74, 6) is -1.17. The summed E-state index contributed by atoms with van der Waals surface area (Å²) in [6, 6.07) is 11.9. The van der Waals surface area contributed by atoms with Gasteiger partial charge in [0.2, 0.25) is 5.91 Å². The van der Waals surface area contributed by atoms with Crippen LogP contribution in [0.2, 0.25) is 5.02 Å². The molecule has 0 saturated heterocycles. The van der Waals surface area contributed by atoms with Crippen LogP contribution in [0.15, 0.2) is 48.5 Å². The van der Waals surface area contributed by atoms with Gasteiger partial charge in [-0.25, -0.2) is 4.79 Å². The molecule has 0 aromatic heterocycles. The van der Waals surface area contributed by atoms with Gasteiger partial charge in [-0.15, -0.1) is 0 Å². The van der Waals surface area contributed by atoms with E-state index in [4.69, 9.17) is 16.3 Å². The highest BCUT2D eigenvalue weighted by Crippen LogP contribution is 2.12. The fraction of sp³-hybridized carbons (Fsp3) is 0.211. The molecule has 0 fully saturated rings. The average Bonchev–Trinajstić information content (AvgIpc) is 2.63. The van der Waals surface area contributed by atoms with Crippen LogP contribution in [-0.4, -0.2) is 30.4 Å². The van der Waals surface area contributed by atoms with Crippen molar-refractivity contribution in [3.8, 4) is 0 Å². The summed E-state index contributed by atoms with van der Waals surface area (Å²) in [6.45, 7) is 3.60. The fourth-order valence-electron chi connectivity index (χ4n) is 2.10. The Bertz CT molecular complexity index is 788. The quantitative estimate of drug-likeness (QED) is 0.760. The van der Waals surface area contributed by atoms with E-state index < -0.39 is 12.0 Å². The number of halogens is 1. The Hall–Kier alpha value is -2.86. The molecule has 0 aliphatic heterocycles.